The summed E-state index contributed by atoms with van der Waals surface area (Å²) in [6, 6.07) is 6.22. The molecule has 0 heterocycles. The molecule has 0 saturated heterocycles. The lowest BCUT2D eigenvalue weighted by Crippen LogP contribution is -2.20. The van der Waals surface area contributed by atoms with E-state index in [9.17, 15) is 0 Å². The number of hydrogen-bond donors (Lipinski definition) is 1. The first-order valence-electron chi connectivity index (χ1n) is 7.19. The molecule has 20 heavy (non-hydrogen) atoms. The number of nitrogens with one attached hydrogen (secondary N) is 1. The molecule has 1 rings (SSSR count). The predicted octanol–water partition coefficient (Wildman–Crippen LogP) is 3.17. The summed E-state index contributed by atoms with van der Waals surface area (Å²) in [5, 5.41) is 3.41. The second-order valence-corrected chi connectivity index (χ2v) is 4.89. The van der Waals surface area contributed by atoms with Gasteiger partial charge in [-0.1, -0.05) is 13.0 Å². The summed E-state index contributed by atoms with van der Waals surface area (Å²) in [4.78, 5) is 0. The SMILES string of the molecule is CCNC(C)c1ccc(OC)cc1OC(C)CCOC. The lowest BCUT2D eigenvalue weighted by Gasteiger charge is -2.21. The summed E-state index contributed by atoms with van der Waals surface area (Å²) in [7, 11) is 3.37. The number of rotatable bonds is 9. The molecule has 4 nitrogen and oxygen atoms in total. The molecule has 0 bridgehead atoms. The van der Waals surface area contributed by atoms with Gasteiger partial charge < -0.3 is 19.5 Å². The number of methoxy groups -OCH3 is 2. The van der Waals surface area contributed by atoms with Crippen molar-refractivity contribution >= 4 is 0 Å². The van der Waals surface area contributed by atoms with Crippen LogP contribution >= 0.6 is 0 Å². The van der Waals surface area contributed by atoms with Crippen LogP contribution in [0.1, 0.15) is 38.8 Å². The van der Waals surface area contributed by atoms with Gasteiger partial charge >= 0.3 is 0 Å². The van der Waals surface area contributed by atoms with Crippen molar-refractivity contribution in [1.82, 2.24) is 5.32 Å². The summed E-state index contributed by atoms with van der Waals surface area (Å²) in [6.07, 6.45) is 0.970. The minimum atomic E-state index is 0.106. The first-order valence-corrected chi connectivity index (χ1v) is 7.19. The second-order valence-electron chi connectivity index (χ2n) is 4.89. The first-order chi connectivity index (χ1) is 9.62. The van der Waals surface area contributed by atoms with E-state index in [0.717, 1.165) is 30.0 Å². The zero-order chi connectivity index (χ0) is 15.0. The normalized spacial score (nSPS) is 13.8. The third-order valence-electron chi connectivity index (χ3n) is 3.25. The van der Waals surface area contributed by atoms with Crippen molar-refractivity contribution in [2.24, 2.45) is 0 Å². The fourth-order valence-electron chi connectivity index (χ4n) is 2.08. The molecule has 0 fully saturated rings. The smallest absolute Gasteiger partial charge is 0.128 e. The Balaban J connectivity index is 2.88. The van der Waals surface area contributed by atoms with Crippen LogP contribution in [0.4, 0.5) is 0 Å². The van der Waals surface area contributed by atoms with Crippen molar-refractivity contribution in [3.63, 3.8) is 0 Å². The van der Waals surface area contributed by atoms with Crippen LogP contribution in [-0.2, 0) is 4.74 Å². The molecule has 0 amide bonds. The van der Waals surface area contributed by atoms with Crippen molar-refractivity contribution in [2.45, 2.75) is 39.3 Å². The molecule has 1 N–H and O–H groups in total. The molecule has 1 aromatic carbocycles. The molecule has 0 aliphatic carbocycles. The van der Waals surface area contributed by atoms with Crippen LogP contribution in [0.15, 0.2) is 18.2 Å². The fourth-order valence-corrected chi connectivity index (χ4v) is 2.08. The molecule has 0 spiro atoms. The van der Waals surface area contributed by atoms with Gasteiger partial charge in [0, 0.05) is 37.8 Å². The molecule has 0 radical (unpaired) electrons. The highest BCUT2D eigenvalue weighted by atomic mass is 16.5. The Morgan fingerprint density at radius 3 is 2.55 bits per heavy atom. The van der Waals surface area contributed by atoms with Crippen LogP contribution in [0, 0.1) is 0 Å². The molecule has 0 aromatic heterocycles. The molecular weight excluding hydrogens is 254 g/mol. The lowest BCUT2D eigenvalue weighted by atomic mass is 10.1. The second kappa shape index (κ2) is 8.82. The fraction of sp³-hybridized carbons (Fsp3) is 0.625. The van der Waals surface area contributed by atoms with E-state index in [1.807, 2.05) is 12.1 Å². The van der Waals surface area contributed by atoms with Crippen molar-refractivity contribution < 1.29 is 14.2 Å². The van der Waals surface area contributed by atoms with Crippen molar-refractivity contribution in [2.75, 3.05) is 27.4 Å². The van der Waals surface area contributed by atoms with Crippen LogP contribution < -0.4 is 14.8 Å². The minimum Gasteiger partial charge on any atom is -0.497 e. The van der Waals surface area contributed by atoms with Gasteiger partial charge in [-0.05, 0) is 26.5 Å². The van der Waals surface area contributed by atoms with E-state index >= 15 is 0 Å². The van der Waals surface area contributed by atoms with Gasteiger partial charge in [0.2, 0.25) is 0 Å². The quantitative estimate of drug-likeness (QED) is 0.754. The standard InChI is InChI=1S/C16H27NO3/c1-6-17-13(3)15-8-7-14(19-5)11-16(15)20-12(2)9-10-18-4/h7-8,11-13,17H,6,9-10H2,1-5H3. The topological polar surface area (TPSA) is 39.7 Å². The first kappa shape index (κ1) is 16.8. The molecule has 0 saturated carbocycles. The Bertz CT molecular complexity index is 395. The van der Waals surface area contributed by atoms with Crippen LogP contribution in [0.5, 0.6) is 11.5 Å². The third kappa shape index (κ3) is 5.02. The highest BCUT2D eigenvalue weighted by molar-refractivity contribution is 5.42. The van der Waals surface area contributed by atoms with Crippen LogP contribution in [0.2, 0.25) is 0 Å². The molecular formula is C16H27NO3. The van der Waals surface area contributed by atoms with E-state index in [2.05, 4.69) is 32.2 Å². The molecule has 114 valence electrons. The van der Waals surface area contributed by atoms with Gasteiger partial charge in [0.05, 0.1) is 13.2 Å². The Morgan fingerprint density at radius 1 is 1.20 bits per heavy atom. The molecule has 4 heteroatoms. The van der Waals surface area contributed by atoms with Gasteiger partial charge in [0.1, 0.15) is 11.5 Å². The minimum absolute atomic E-state index is 0.106. The highest BCUT2D eigenvalue weighted by Gasteiger charge is 2.14. The number of benzene rings is 1. The zero-order valence-electron chi connectivity index (χ0n) is 13.2. The van der Waals surface area contributed by atoms with Gasteiger partial charge in [-0.3, -0.25) is 0 Å². The monoisotopic (exact) mass is 281 g/mol. The van der Waals surface area contributed by atoms with Crippen LogP contribution in [0.3, 0.4) is 0 Å². The summed E-state index contributed by atoms with van der Waals surface area (Å²) < 4.78 is 16.4. The molecule has 2 unspecified atom stereocenters. The Labute approximate surface area is 122 Å². The summed E-state index contributed by atoms with van der Waals surface area (Å²) in [6.45, 7) is 7.91. The van der Waals surface area contributed by atoms with E-state index in [1.165, 1.54) is 0 Å². The largest absolute Gasteiger partial charge is 0.497 e. The Hall–Kier alpha value is -1.26. The molecule has 0 aliphatic rings. The summed E-state index contributed by atoms with van der Waals surface area (Å²) >= 11 is 0. The molecule has 1 aromatic rings. The third-order valence-corrected chi connectivity index (χ3v) is 3.25. The van der Waals surface area contributed by atoms with Gasteiger partial charge in [0.25, 0.3) is 0 Å². The van der Waals surface area contributed by atoms with E-state index in [1.54, 1.807) is 14.2 Å². The zero-order valence-corrected chi connectivity index (χ0v) is 13.2. The number of ether oxygens (including phenoxy) is 3. The van der Waals surface area contributed by atoms with Gasteiger partial charge in [0.15, 0.2) is 0 Å². The van der Waals surface area contributed by atoms with E-state index in [0.29, 0.717) is 6.61 Å². The maximum absolute atomic E-state index is 6.06. The van der Waals surface area contributed by atoms with Gasteiger partial charge in [-0.2, -0.15) is 0 Å². The average molecular weight is 281 g/mol. The van der Waals surface area contributed by atoms with Gasteiger partial charge in [-0.15, -0.1) is 0 Å². The van der Waals surface area contributed by atoms with Crippen molar-refractivity contribution in [1.29, 1.82) is 0 Å². The maximum atomic E-state index is 6.06. The van der Waals surface area contributed by atoms with E-state index in [4.69, 9.17) is 14.2 Å². The van der Waals surface area contributed by atoms with Crippen LogP contribution in [-0.4, -0.2) is 33.5 Å². The summed E-state index contributed by atoms with van der Waals surface area (Å²) in [5.41, 5.74) is 1.15. The van der Waals surface area contributed by atoms with E-state index in [-0.39, 0.29) is 12.1 Å². The predicted molar refractivity (Wildman–Crippen MR) is 81.7 cm³/mol. The molecule has 2 atom stereocenters. The van der Waals surface area contributed by atoms with Gasteiger partial charge in [-0.25, -0.2) is 0 Å². The summed E-state index contributed by atoms with van der Waals surface area (Å²) in [5.74, 6) is 1.69. The Kier molecular flexibility index (Phi) is 7.41. The average Bonchev–Trinajstić information content (AvgIpc) is 2.45. The highest BCUT2D eigenvalue weighted by Crippen LogP contribution is 2.30. The van der Waals surface area contributed by atoms with E-state index < -0.39 is 0 Å². The lowest BCUT2D eigenvalue weighted by molar-refractivity contribution is 0.134. The maximum Gasteiger partial charge on any atom is 0.128 e. The molecule has 0 aliphatic heterocycles. The Morgan fingerprint density at radius 2 is 1.95 bits per heavy atom. The number of hydrogen-bond acceptors (Lipinski definition) is 4. The van der Waals surface area contributed by atoms with Crippen molar-refractivity contribution in [3.05, 3.63) is 23.8 Å². The van der Waals surface area contributed by atoms with Crippen molar-refractivity contribution in [3.8, 4) is 11.5 Å². The van der Waals surface area contributed by atoms with Crippen LogP contribution in [0.25, 0.3) is 0 Å².